The van der Waals surface area contributed by atoms with Crippen LogP contribution in [0.5, 0.6) is 0 Å². The van der Waals surface area contributed by atoms with E-state index in [1.54, 1.807) is 4.58 Å². The molecule has 0 spiro atoms. The molecule has 1 rings (SSSR count). The van der Waals surface area contributed by atoms with Gasteiger partial charge in [0.1, 0.15) is 12.5 Å². The van der Waals surface area contributed by atoms with Gasteiger partial charge in [0, 0.05) is 44.7 Å². The van der Waals surface area contributed by atoms with Gasteiger partial charge in [-0.1, -0.05) is 129 Å². The lowest BCUT2D eigenvalue weighted by Gasteiger charge is -2.27. The van der Waals surface area contributed by atoms with E-state index < -0.39 is 5.97 Å². The highest BCUT2D eigenvalue weighted by molar-refractivity contribution is 5.94. The molecule has 6 heteroatoms. The molecular weight excluding hydrogens is 500 g/mol. The quantitative estimate of drug-likeness (QED) is 0.0521. The monoisotopic (exact) mass is 560 g/mol. The van der Waals surface area contributed by atoms with Gasteiger partial charge in [-0.2, -0.15) is 0 Å². The molecule has 6 nitrogen and oxygen atoms in total. The van der Waals surface area contributed by atoms with E-state index in [1.165, 1.54) is 109 Å². The lowest BCUT2D eigenvalue weighted by molar-refractivity contribution is -0.528. The predicted octanol–water partition coefficient (Wildman–Crippen LogP) is 6.98. The third-order valence-corrected chi connectivity index (χ3v) is 7.95. The summed E-state index contributed by atoms with van der Waals surface area (Å²) in [5.74, 6) is 1.77. The number of carbonyl (C=O) groups excluding carboxylic acids is 2. The highest BCUT2D eigenvalue weighted by atomic mass is 16.6. The van der Waals surface area contributed by atoms with Gasteiger partial charge in [0.05, 0.1) is 0 Å². The van der Waals surface area contributed by atoms with Gasteiger partial charge in [0.2, 0.25) is 5.71 Å². The fraction of sp³-hybridized carbons (Fsp3) is 0.853. The average molecular weight is 561 g/mol. The Balaban J connectivity index is 2.02. The fourth-order valence-corrected chi connectivity index (χ4v) is 5.38. The van der Waals surface area contributed by atoms with Crippen molar-refractivity contribution in [2.24, 2.45) is 0 Å². The van der Waals surface area contributed by atoms with Crippen LogP contribution in [-0.4, -0.2) is 53.0 Å². The van der Waals surface area contributed by atoms with Gasteiger partial charge in [0.15, 0.2) is 12.8 Å². The Morgan fingerprint density at radius 1 is 0.825 bits per heavy atom. The van der Waals surface area contributed by atoms with Crippen molar-refractivity contribution >= 4 is 17.7 Å². The first-order valence-electron chi connectivity index (χ1n) is 16.7. The van der Waals surface area contributed by atoms with Gasteiger partial charge in [-0.15, -0.1) is 0 Å². The molecule has 40 heavy (non-hydrogen) atoms. The number of aliphatic carboxylic acids is 1. The molecule has 0 N–H and O–H groups in total. The Hall–Kier alpha value is -2.03. The minimum Gasteiger partial charge on any atom is -0.544 e. The summed E-state index contributed by atoms with van der Waals surface area (Å²) in [5, 5.41) is 10.9. The van der Waals surface area contributed by atoms with E-state index in [9.17, 15) is 14.7 Å². The zero-order chi connectivity index (χ0) is 29.3. The molecule has 1 atom stereocenters. The van der Waals surface area contributed by atoms with Crippen molar-refractivity contribution in [3.05, 3.63) is 0 Å². The largest absolute Gasteiger partial charge is 0.544 e. The Labute approximate surface area is 246 Å². The SMILES string of the molecule is CCCCCCCCCCCCCCCCCCCCCC(=O)OC(CC)N1C#C/C(C)=[N+](/CC(=O)[O-])CCC1. The maximum Gasteiger partial charge on any atom is 0.307 e. The normalized spacial score (nSPS) is 16.1. The summed E-state index contributed by atoms with van der Waals surface area (Å²) in [6.45, 7) is 7.17. The van der Waals surface area contributed by atoms with Crippen LogP contribution in [0.4, 0.5) is 0 Å². The van der Waals surface area contributed by atoms with Crippen LogP contribution >= 0.6 is 0 Å². The van der Waals surface area contributed by atoms with E-state index in [2.05, 4.69) is 18.9 Å². The molecule has 0 aromatic carbocycles. The van der Waals surface area contributed by atoms with Crippen molar-refractivity contribution < 1.29 is 24.0 Å². The van der Waals surface area contributed by atoms with Gasteiger partial charge in [-0.3, -0.25) is 9.69 Å². The van der Waals surface area contributed by atoms with Gasteiger partial charge < -0.3 is 14.6 Å². The maximum absolute atomic E-state index is 12.4. The summed E-state index contributed by atoms with van der Waals surface area (Å²) in [6, 6.07) is 3.07. The van der Waals surface area contributed by atoms with Crippen molar-refractivity contribution in [2.45, 2.75) is 168 Å². The summed E-state index contributed by atoms with van der Waals surface area (Å²) in [6.07, 6.45) is 26.9. The third-order valence-electron chi connectivity index (χ3n) is 7.95. The van der Waals surface area contributed by atoms with Crippen LogP contribution in [0.3, 0.4) is 0 Å². The number of ether oxygens (including phenoxy) is 1. The highest BCUT2D eigenvalue weighted by Gasteiger charge is 2.21. The number of nitrogens with zero attached hydrogens (tertiary/aromatic N) is 2. The highest BCUT2D eigenvalue weighted by Crippen LogP contribution is 2.15. The standard InChI is InChI=1S/C34H60N2O4/c1-4-6-7-8-9-10-11-12-13-14-15-16-17-18-19-20-21-22-23-25-34(39)40-32(5-2)35-27-24-28-36(30-33(37)38)31(3)26-29-35/h32H,4-25,27-28,30H2,1-3H3. The van der Waals surface area contributed by atoms with Crippen LogP contribution in [-0.2, 0) is 14.3 Å². The molecule has 0 bridgehead atoms. The van der Waals surface area contributed by atoms with E-state index in [0.29, 0.717) is 31.6 Å². The summed E-state index contributed by atoms with van der Waals surface area (Å²) in [5.41, 5.74) is 0.698. The number of carbonyl (C=O) groups is 2. The molecule has 0 aliphatic carbocycles. The van der Waals surface area contributed by atoms with Crippen LogP contribution in [0, 0.1) is 12.0 Å². The Morgan fingerprint density at radius 2 is 1.30 bits per heavy atom. The lowest BCUT2D eigenvalue weighted by Crippen LogP contribution is -2.40. The molecule has 0 saturated heterocycles. The summed E-state index contributed by atoms with van der Waals surface area (Å²) in [7, 11) is 0. The van der Waals surface area contributed by atoms with Crippen molar-refractivity contribution in [1.29, 1.82) is 0 Å². The minimum atomic E-state index is -1.10. The van der Waals surface area contributed by atoms with E-state index in [0.717, 1.165) is 19.3 Å². The van der Waals surface area contributed by atoms with Crippen molar-refractivity contribution in [2.75, 3.05) is 19.6 Å². The van der Waals surface area contributed by atoms with Crippen molar-refractivity contribution in [3.63, 3.8) is 0 Å². The minimum absolute atomic E-state index is 0.147. The van der Waals surface area contributed by atoms with Crippen LogP contribution in [0.2, 0.25) is 0 Å². The van der Waals surface area contributed by atoms with Gasteiger partial charge in [0.25, 0.3) is 0 Å². The molecule has 0 fully saturated rings. The maximum atomic E-state index is 12.4. The number of carboxylic acid groups (broad SMARTS) is 1. The van der Waals surface area contributed by atoms with Crippen molar-refractivity contribution in [3.8, 4) is 12.0 Å². The molecule has 1 aliphatic rings. The molecule has 0 saturated carbocycles. The van der Waals surface area contributed by atoms with Crippen LogP contribution in [0.15, 0.2) is 0 Å². The molecule has 230 valence electrons. The second-order valence-electron chi connectivity index (χ2n) is 11.6. The summed E-state index contributed by atoms with van der Waals surface area (Å²) >= 11 is 0. The first-order chi connectivity index (χ1) is 19.5. The smallest absolute Gasteiger partial charge is 0.307 e. The molecule has 0 amide bonds. The number of unbranched alkanes of at least 4 members (excludes halogenated alkanes) is 18. The van der Waals surface area contributed by atoms with E-state index in [-0.39, 0.29) is 18.7 Å². The molecule has 0 radical (unpaired) electrons. The topological polar surface area (TPSA) is 72.7 Å². The van der Waals surface area contributed by atoms with E-state index in [1.807, 2.05) is 18.7 Å². The fourth-order valence-electron chi connectivity index (χ4n) is 5.38. The van der Waals surface area contributed by atoms with Crippen LogP contribution in [0.1, 0.15) is 162 Å². The number of esters is 1. The Bertz CT molecular complexity index is 768. The van der Waals surface area contributed by atoms with Crippen molar-refractivity contribution in [1.82, 2.24) is 4.90 Å². The average Bonchev–Trinajstić information content (AvgIpc) is 2.93. The van der Waals surface area contributed by atoms with E-state index in [4.69, 9.17) is 4.74 Å². The zero-order valence-electron chi connectivity index (χ0n) is 26.3. The molecule has 1 aliphatic heterocycles. The third kappa shape index (κ3) is 19.1. The number of hydrogen-bond acceptors (Lipinski definition) is 5. The molecule has 1 heterocycles. The second-order valence-corrected chi connectivity index (χ2v) is 11.6. The van der Waals surface area contributed by atoms with Crippen LogP contribution in [0.25, 0.3) is 0 Å². The first kappa shape index (κ1) is 36.0. The van der Waals surface area contributed by atoms with E-state index >= 15 is 0 Å². The molecule has 0 aromatic heterocycles. The van der Waals surface area contributed by atoms with Gasteiger partial charge in [-0.25, -0.2) is 4.58 Å². The second kappa shape index (κ2) is 24.7. The van der Waals surface area contributed by atoms with Crippen LogP contribution < -0.4 is 5.11 Å². The summed E-state index contributed by atoms with van der Waals surface area (Å²) in [4.78, 5) is 25.3. The predicted molar refractivity (Wildman–Crippen MR) is 163 cm³/mol. The Kier molecular flexibility index (Phi) is 22.3. The first-order valence-corrected chi connectivity index (χ1v) is 16.7. The summed E-state index contributed by atoms with van der Waals surface area (Å²) < 4.78 is 7.48. The van der Waals surface area contributed by atoms with Gasteiger partial charge in [-0.05, 0) is 6.42 Å². The molecular formula is C34H60N2O4. The lowest BCUT2D eigenvalue weighted by atomic mass is 10.0. The molecule has 1 unspecified atom stereocenters. The van der Waals surface area contributed by atoms with Gasteiger partial charge >= 0.3 is 5.97 Å². The molecule has 0 aromatic rings. The number of carboxylic acids is 1. The Morgan fingerprint density at radius 3 is 1.75 bits per heavy atom. The zero-order valence-corrected chi connectivity index (χ0v) is 26.3. The number of rotatable bonds is 25. The number of hydrogen-bond donors (Lipinski definition) is 0.